The number of hydrogen-bond donors (Lipinski definition) is 3. The normalized spacial score (nSPS) is 10.0. The average Bonchev–Trinajstić information content (AvgIpc) is 1.88. The van der Waals surface area contributed by atoms with Crippen molar-refractivity contribution in [1.82, 2.24) is 0 Å². The topological polar surface area (TPSA) is 151 Å². The Morgan fingerprint density at radius 2 is 1.85 bits per heavy atom. The maximum absolute atomic E-state index is 10.1. The molecule has 8 N–H and O–H groups in total. The van der Waals surface area contributed by atoms with Gasteiger partial charge in [-0.15, -0.1) is 0 Å². The van der Waals surface area contributed by atoms with Crippen molar-refractivity contribution < 1.29 is 50.4 Å². The van der Waals surface area contributed by atoms with Crippen molar-refractivity contribution in [3.05, 3.63) is 0 Å². The van der Waals surface area contributed by atoms with Crippen LogP contribution in [0.5, 0.6) is 0 Å². The molecule has 6 nitrogen and oxygen atoms in total. The van der Waals surface area contributed by atoms with Crippen LogP contribution in [0.2, 0.25) is 0 Å². The average molecular weight is 204 g/mol. The van der Waals surface area contributed by atoms with Crippen molar-refractivity contribution in [3.63, 3.8) is 0 Å². The van der Waals surface area contributed by atoms with Crippen LogP contribution < -0.4 is 41.0 Å². The third-order valence-corrected chi connectivity index (χ3v) is 1.29. The van der Waals surface area contributed by atoms with Gasteiger partial charge < -0.3 is 27.5 Å². The molecule has 0 aliphatic rings. The van der Waals surface area contributed by atoms with Crippen molar-refractivity contribution >= 4 is 5.97 Å². The summed E-state index contributed by atoms with van der Waals surface area (Å²) in [4.78, 5) is 10.1. The van der Waals surface area contributed by atoms with Gasteiger partial charge in [-0.2, -0.15) is 0 Å². The molecule has 0 saturated heterocycles. The van der Waals surface area contributed by atoms with Crippen LogP contribution in [0.15, 0.2) is 0 Å². The Morgan fingerprint density at radius 3 is 2.15 bits per heavy atom. The zero-order valence-electron chi connectivity index (χ0n) is 7.86. The predicted octanol–water partition coefficient (Wildman–Crippen LogP) is -4.47. The Balaban J connectivity index is -0.000000135. The van der Waals surface area contributed by atoms with E-state index in [-0.39, 0.29) is 40.5 Å². The third kappa shape index (κ3) is 15.1. The molecule has 0 fully saturated rings. The number of nitrogens with two attached hydrogens (primary N) is 2. The molecule has 0 spiro atoms. The van der Waals surface area contributed by atoms with E-state index in [1.165, 1.54) is 0 Å². The van der Waals surface area contributed by atoms with Crippen LogP contribution in [0, 0.1) is 0 Å². The van der Waals surface area contributed by atoms with Crippen molar-refractivity contribution in [3.8, 4) is 0 Å². The van der Waals surface area contributed by atoms with E-state index in [1.54, 1.807) is 0 Å². The molecule has 0 aromatic carbocycles. The maximum Gasteiger partial charge on any atom is 1.00 e. The Labute approximate surface area is 99.6 Å². The second kappa shape index (κ2) is 14.8. The second-order valence-electron chi connectivity index (χ2n) is 2.23. The van der Waals surface area contributed by atoms with Gasteiger partial charge in [0, 0.05) is 0 Å². The van der Waals surface area contributed by atoms with Crippen LogP contribution in [0.4, 0.5) is 0 Å². The predicted molar refractivity (Wildman–Crippen MR) is 44.1 cm³/mol. The SMILES string of the molecule is NCCCC[C@H](N)C(=O)O.O.[Na+].[OH-]. The monoisotopic (exact) mass is 204 g/mol. The van der Waals surface area contributed by atoms with Crippen molar-refractivity contribution in [2.45, 2.75) is 25.3 Å². The number of hydrogen-bond acceptors (Lipinski definition) is 4. The van der Waals surface area contributed by atoms with E-state index < -0.39 is 12.0 Å². The van der Waals surface area contributed by atoms with Gasteiger partial charge in [-0.05, 0) is 19.4 Å². The number of carboxylic acid groups (broad SMARTS) is 1. The molecule has 76 valence electrons. The summed E-state index contributed by atoms with van der Waals surface area (Å²) >= 11 is 0. The molecule has 0 rings (SSSR count). The van der Waals surface area contributed by atoms with Crippen molar-refractivity contribution in [2.24, 2.45) is 11.5 Å². The van der Waals surface area contributed by atoms with Gasteiger partial charge in [-0.3, -0.25) is 4.79 Å². The van der Waals surface area contributed by atoms with E-state index in [0.29, 0.717) is 13.0 Å². The summed E-state index contributed by atoms with van der Waals surface area (Å²) in [5.74, 6) is -0.933. The number of aliphatic carboxylic acids is 1. The van der Waals surface area contributed by atoms with Gasteiger partial charge >= 0.3 is 35.5 Å². The summed E-state index contributed by atoms with van der Waals surface area (Å²) in [6, 6.07) is -0.716. The van der Waals surface area contributed by atoms with E-state index in [2.05, 4.69) is 0 Å². The molecule has 0 radical (unpaired) electrons. The van der Waals surface area contributed by atoms with Crippen LogP contribution in [-0.4, -0.2) is 34.6 Å². The molecule has 0 aromatic heterocycles. The van der Waals surface area contributed by atoms with Gasteiger partial charge in [0.15, 0.2) is 0 Å². The van der Waals surface area contributed by atoms with Crippen LogP contribution in [0.3, 0.4) is 0 Å². The van der Waals surface area contributed by atoms with E-state index in [0.717, 1.165) is 12.8 Å². The molecule has 13 heavy (non-hydrogen) atoms. The molecule has 0 saturated carbocycles. The Kier molecular flexibility index (Phi) is 26.5. The van der Waals surface area contributed by atoms with Gasteiger partial charge in [0.2, 0.25) is 0 Å². The van der Waals surface area contributed by atoms with E-state index in [9.17, 15) is 4.79 Å². The number of unbranched alkanes of at least 4 members (excludes halogenated alkanes) is 1. The van der Waals surface area contributed by atoms with Gasteiger partial charge in [0.1, 0.15) is 6.04 Å². The van der Waals surface area contributed by atoms with Gasteiger partial charge in [-0.25, -0.2) is 0 Å². The summed E-state index contributed by atoms with van der Waals surface area (Å²) in [5, 5.41) is 8.33. The molecule has 1 atom stereocenters. The second-order valence-corrected chi connectivity index (χ2v) is 2.23. The zero-order chi connectivity index (χ0) is 7.98. The standard InChI is InChI=1S/C6H14N2O2.Na.2H2O/c7-4-2-1-3-5(8)6(9)10;;;/h5H,1-4,7-8H2,(H,9,10);;2*1H2/q;+1;;/p-1/t5-;;;/m0.../s1. The summed E-state index contributed by atoms with van der Waals surface area (Å²) in [7, 11) is 0. The first kappa shape index (κ1) is 23.3. The third-order valence-electron chi connectivity index (χ3n) is 1.29. The Morgan fingerprint density at radius 1 is 1.38 bits per heavy atom. The fourth-order valence-corrected chi connectivity index (χ4v) is 0.632. The van der Waals surface area contributed by atoms with E-state index in [1.807, 2.05) is 0 Å². The first-order chi connectivity index (χ1) is 4.68. The molecule has 0 aromatic rings. The number of rotatable bonds is 5. The Bertz CT molecular complexity index is 115. The molecule has 0 aliphatic carbocycles. The van der Waals surface area contributed by atoms with Crippen LogP contribution >= 0.6 is 0 Å². The smallest absolute Gasteiger partial charge is 0.870 e. The summed E-state index contributed by atoms with van der Waals surface area (Å²) in [5.41, 5.74) is 10.4. The molecule has 7 heteroatoms. The fraction of sp³-hybridized carbons (Fsp3) is 0.833. The molecule has 0 aliphatic heterocycles. The first-order valence-corrected chi connectivity index (χ1v) is 3.37. The molecular formula is C6H17N2NaO4. The Hall–Kier alpha value is 0.310. The molecule has 0 heterocycles. The van der Waals surface area contributed by atoms with Crippen molar-refractivity contribution in [2.75, 3.05) is 6.54 Å². The largest absolute Gasteiger partial charge is 1.00 e. The van der Waals surface area contributed by atoms with E-state index >= 15 is 0 Å². The van der Waals surface area contributed by atoms with Crippen molar-refractivity contribution in [1.29, 1.82) is 0 Å². The molecular weight excluding hydrogens is 187 g/mol. The summed E-state index contributed by atoms with van der Waals surface area (Å²) in [6.07, 6.45) is 2.16. The fourth-order valence-electron chi connectivity index (χ4n) is 0.632. The molecule has 0 bridgehead atoms. The van der Waals surface area contributed by atoms with E-state index in [4.69, 9.17) is 16.6 Å². The zero-order valence-corrected chi connectivity index (χ0v) is 9.86. The minimum absolute atomic E-state index is 0. The summed E-state index contributed by atoms with van der Waals surface area (Å²) in [6.45, 7) is 0.604. The van der Waals surface area contributed by atoms with Crippen LogP contribution in [0.25, 0.3) is 0 Å². The molecule has 0 unspecified atom stereocenters. The minimum atomic E-state index is -0.933. The number of carbonyl (C=O) groups is 1. The van der Waals surface area contributed by atoms with Crippen LogP contribution in [0.1, 0.15) is 19.3 Å². The van der Waals surface area contributed by atoms with Crippen LogP contribution in [-0.2, 0) is 4.79 Å². The first-order valence-electron chi connectivity index (χ1n) is 3.37. The van der Waals surface area contributed by atoms with Gasteiger partial charge in [-0.1, -0.05) is 6.42 Å². The number of carboxylic acids is 1. The minimum Gasteiger partial charge on any atom is -0.870 e. The molecule has 0 amide bonds. The van der Waals surface area contributed by atoms with Gasteiger partial charge in [0.05, 0.1) is 0 Å². The summed E-state index contributed by atoms with van der Waals surface area (Å²) < 4.78 is 0. The quantitative estimate of drug-likeness (QED) is 0.304. The van der Waals surface area contributed by atoms with Gasteiger partial charge in [0.25, 0.3) is 0 Å². The maximum atomic E-state index is 10.1.